The van der Waals surface area contributed by atoms with Gasteiger partial charge in [0.2, 0.25) is 0 Å². The average Bonchev–Trinajstić information content (AvgIpc) is 2.89. The average molecular weight is 344 g/mol. The van der Waals surface area contributed by atoms with E-state index in [1.165, 1.54) is 19.8 Å². The van der Waals surface area contributed by atoms with E-state index < -0.39 is 0 Å². The zero-order valence-corrected chi connectivity index (χ0v) is 12.7. The molecule has 0 saturated carbocycles. The van der Waals surface area contributed by atoms with Gasteiger partial charge in [-0.2, -0.15) is 0 Å². The van der Waals surface area contributed by atoms with Crippen molar-refractivity contribution in [1.82, 2.24) is 0 Å². The Morgan fingerprint density at radius 2 is 1.82 bits per heavy atom. The summed E-state index contributed by atoms with van der Waals surface area (Å²) < 4.78 is 2.73. The van der Waals surface area contributed by atoms with E-state index in [1.54, 1.807) is 11.3 Å². The fraction of sp³-hybridized carbons (Fsp3) is 0.0769. The standard InChI is InChI=1S/C13H8BrClS2/c14-13(8-1-3-9(15)4-2-8)12-7-11-10(17-12)5-6-16-11/h1-7,13H. The maximum absolute atomic E-state index is 5.90. The van der Waals surface area contributed by atoms with Crippen LogP contribution in [0, 0.1) is 0 Å². The van der Waals surface area contributed by atoms with Gasteiger partial charge in [0.15, 0.2) is 0 Å². The predicted molar refractivity (Wildman–Crippen MR) is 81.9 cm³/mol. The van der Waals surface area contributed by atoms with Crippen LogP contribution >= 0.6 is 50.2 Å². The van der Waals surface area contributed by atoms with Crippen LogP contribution < -0.4 is 0 Å². The van der Waals surface area contributed by atoms with Crippen LogP contribution in [0.1, 0.15) is 15.3 Å². The molecule has 2 aromatic heterocycles. The van der Waals surface area contributed by atoms with Crippen molar-refractivity contribution in [2.75, 3.05) is 0 Å². The van der Waals surface area contributed by atoms with E-state index in [-0.39, 0.29) is 4.83 Å². The Kier molecular flexibility index (Phi) is 3.26. The van der Waals surface area contributed by atoms with Gasteiger partial charge in [-0.15, -0.1) is 22.7 Å². The third-order valence-corrected chi connectivity index (χ3v) is 6.31. The van der Waals surface area contributed by atoms with Gasteiger partial charge < -0.3 is 0 Å². The highest BCUT2D eigenvalue weighted by molar-refractivity contribution is 9.09. The van der Waals surface area contributed by atoms with Gasteiger partial charge in [0, 0.05) is 19.3 Å². The second-order valence-corrected chi connectivity index (χ2v) is 7.13. The molecule has 1 unspecified atom stereocenters. The van der Waals surface area contributed by atoms with E-state index in [4.69, 9.17) is 11.6 Å². The Labute approximate surface area is 121 Å². The van der Waals surface area contributed by atoms with Crippen molar-refractivity contribution in [3.8, 4) is 0 Å². The number of thiophene rings is 2. The van der Waals surface area contributed by atoms with Crippen LogP contribution in [0.4, 0.5) is 0 Å². The minimum Gasteiger partial charge on any atom is -0.143 e. The predicted octanol–water partition coefficient (Wildman–Crippen LogP) is 6.10. The monoisotopic (exact) mass is 342 g/mol. The molecule has 0 aliphatic rings. The number of benzene rings is 1. The number of hydrogen-bond acceptors (Lipinski definition) is 2. The molecular formula is C13H8BrClS2. The zero-order valence-electron chi connectivity index (χ0n) is 8.69. The summed E-state index contributed by atoms with van der Waals surface area (Å²) in [5, 5.41) is 2.91. The topological polar surface area (TPSA) is 0 Å². The van der Waals surface area contributed by atoms with Gasteiger partial charge in [0.05, 0.1) is 4.83 Å². The van der Waals surface area contributed by atoms with E-state index in [0.29, 0.717) is 0 Å². The zero-order chi connectivity index (χ0) is 11.8. The van der Waals surface area contributed by atoms with Crippen LogP contribution in [0.2, 0.25) is 5.02 Å². The second kappa shape index (κ2) is 4.73. The van der Waals surface area contributed by atoms with Crippen LogP contribution in [0.25, 0.3) is 9.40 Å². The summed E-state index contributed by atoms with van der Waals surface area (Å²) >= 11 is 13.3. The van der Waals surface area contributed by atoms with Gasteiger partial charge in [0.25, 0.3) is 0 Å². The summed E-state index contributed by atoms with van der Waals surface area (Å²) in [6, 6.07) is 12.4. The first-order valence-electron chi connectivity index (χ1n) is 5.10. The van der Waals surface area contributed by atoms with Crippen molar-refractivity contribution in [3.05, 3.63) is 57.2 Å². The number of hydrogen-bond donors (Lipinski definition) is 0. The van der Waals surface area contributed by atoms with Gasteiger partial charge in [-0.3, -0.25) is 0 Å². The first kappa shape index (κ1) is 11.7. The highest BCUT2D eigenvalue weighted by Crippen LogP contribution is 2.40. The molecule has 86 valence electrons. The third kappa shape index (κ3) is 2.29. The van der Waals surface area contributed by atoms with Crippen LogP contribution in [0.3, 0.4) is 0 Å². The highest BCUT2D eigenvalue weighted by atomic mass is 79.9. The number of fused-ring (bicyclic) bond motifs is 1. The first-order chi connectivity index (χ1) is 8.24. The van der Waals surface area contributed by atoms with Gasteiger partial charge in [-0.25, -0.2) is 0 Å². The van der Waals surface area contributed by atoms with Gasteiger partial charge in [-0.1, -0.05) is 39.7 Å². The Balaban J connectivity index is 1.98. The number of alkyl halides is 1. The molecule has 3 rings (SSSR count). The first-order valence-corrected chi connectivity index (χ1v) is 8.09. The minimum atomic E-state index is 0.254. The lowest BCUT2D eigenvalue weighted by molar-refractivity contribution is 1.23. The van der Waals surface area contributed by atoms with Crippen LogP contribution in [-0.2, 0) is 0 Å². The van der Waals surface area contributed by atoms with E-state index in [2.05, 4.69) is 45.6 Å². The summed E-state index contributed by atoms with van der Waals surface area (Å²) in [6.07, 6.45) is 0. The van der Waals surface area contributed by atoms with Crippen molar-refractivity contribution < 1.29 is 0 Å². The lowest BCUT2D eigenvalue weighted by Crippen LogP contribution is -1.88. The molecule has 0 radical (unpaired) electrons. The maximum atomic E-state index is 5.90. The van der Waals surface area contributed by atoms with Crippen molar-refractivity contribution in [3.63, 3.8) is 0 Å². The van der Waals surface area contributed by atoms with Crippen LogP contribution in [-0.4, -0.2) is 0 Å². The van der Waals surface area contributed by atoms with Crippen molar-refractivity contribution >= 4 is 59.6 Å². The molecular weight excluding hydrogens is 336 g/mol. The van der Waals surface area contributed by atoms with Gasteiger partial charge in [-0.05, 0) is 35.2 Å². The quantitative estimate of drug-likeness (QED) is 0.493. The van der Waals surface area contributed by atoms with E-state index in [1.807, 2.05) is 23.5 Å². The fourth-order valence-corrected chi connectivity index (χ4v) is 4.67. The number of rotatable bonds is 2. The molecule has 0 nitrogen and oxygen atoms in total. The van der Waals surface area contributed by atoms with Crippen LogP contribution in [0.15, 0.2) is 41.8 Å². The largest absolute Gasteiger partial charge is 0.143 e. The van der Waals surface area contributed by atoms with Crippen LogP contribution in [0.5, 0.6) is 0 Å². The Hall–Kier alpha value is -0.350. The Bertz CT molecular complexity index is 610. The van der Waals surface area contributed by atoms with Crippen molar-refractivity contribution in [2.45, 2.75) is 4.83 Å². The molecule has 0 aliphatic heterocycles. The fourth-order valence-electron chi connectivity index (χ4n) is 1.71. The van der Waals surface area contributed by atoms with Crippen molar-refractivity contribution in [1.29, 1.82) is 0 Å². The normalized spacial score (nSPS) is 13.1. The molecule has 17 heavy (non-hydrogen) atoms. The summed E-state index contributed by atoms with van der Waals surface area (Å²) in [5.74, 6) is 0. The lowest BCUT2D eigenvalue weighted by Gasteiger charge is -2.07. The summed E-state index contributed by atoms with van der Waals surface area (Å²) in [6.45, 7) is 0. The molecule has 4 heteroatoms. The maximum Gasteiger partial charge on any atom is 0.0738 e. The molecule has 0 N–H and O–H groups in total. The molecule has 1 aromatic carbocycles. The summed E-state index contributed by atoms with van der Waals surface area (Å²) in [4.78, 5) is 1.60. The Morgan fingerprint density at radius 1 is 1.06 bits per heavy atom. The van der Waals surface area contributed by atoms with E-state index in [0.717, 1.165) is 5.02 Å². The minimum absolute atomic E-state index is 0.254. The lowest BCUT2D eigenvalue weighted by atomic mass is 10.1. The molecule has 0 spiro atoms. The SMILES string of the molecule is Clc1ccc(C(Br)c2cc3sccc3s2)cc1. The Morgan fingerprint density at radius 3 is 2.53 bits per heavy atom. The molecule has 0 amide bonds. The second-order valence-electron chi connectivity index (χ2n) is 3.71. The van der Waals surface area contributed by atoms with Crippen molar-refractivity contribution in [2.24, 2.45) is 0 Å². The van der Waals surface area contributed by atoms with E-state index >= 15 is 0 Å². The highest BCUT2D eigenvalue weighted by Gasteiger charge is 2.13. The summed E-state index contributed by atoms with van der Waals surface area (Å²) in [7, 11) is 0. The molecule has 1 atom stereocenters. The molecule has 3 aromatic rings. The molecule has 0 bridgehead atoms. The smallest absolute Gasteiger partial charge is 0.0738 e. The molecule has 0 saturated heterocycles. The molecule has 0 fully saturated rings. The third-order valence-electron chi connectivity index (χ3n) is 2.57. The summed E-state index contributed by atoms with van der Waals surface area (Å²) in [5.41, 5.74) is 1.24. The number of halogens is 2. The van der Waals surface area contributed by atoms with E-state index in [9.17, 15) is 0 Å². The van der Waals surface area contributed by atoms with Gasteiger partial charge >= 0.3 is 0 Å². The molecule has 2 heterocycles. The van der Waals surface area contributed by atoms with Gasteiger partial charge in [0.1, 0.15) is 0 Å². The molecule has 0 aliphatic carbocycles.